The molecular weight excluding hydrogens is 339 g/mol. The Labute approximate surface area is 124 Å². The Kier molecular flexibility index (Phi) is 6.78. The average molecular weight is 356 g/mol. The van der Waals surface area contributed by atoms with Gasteiger partial charge in [0.25, 0.3) is 0 Å². The van der Waals surface area contributed by atoms with Gasteiger partial charge < -0.3 is 15.2 Å². The van der Waals surface area contributed by atoms with Crippen LogP contribution in [-0.2, 0) is 6.54 Å². The van der Waals surface area contributed by atoms with Crippen LogP contribution in [0.5, 0.6) is 5.75 Å². The Morgan fingerprint density at radius 3 is 2.70 bits per heavy atom. The highest BCUT2D eigenvalue weighted by atomic mass is 79.9. The van der Waals surface area contributed by atoms with Crippen LogP contribution in [0.15, 0.2) is 22.7 Å². The molecule has 0 amide bonds. The smallest absolute Gasteiger partial charge is 0.417 e. The molecule has 7 heteroatoms. The van der Waals surface area contributed by atoms with Gasteiger partial charge in [-0.3, -0.25) is 0 Å². The molecule has 0 saturated carbocycles. The lowest BCUT2D eigenvalue weighted by atomic mass is 10.2. The molecule has 0 aliphatic rings. The molecule has 0 radical (unpaired) electrons. The summed E-state index contributed by atoms with van der Waals surface area (Å²) in [5, 5.41) is 12.1. The van der Waals surface area contributed by atoms with Crippen LogP contribution in [0.2, 0.25) is 0 Å². The highest BCUT2D eigenvalue weighted by Gasteiger charge is 2.38. The van der Waals surface area contributed by atoms with E-state index in [1.54, 1.807) is 18.2 Å². The van der Waals surface area contributed by atoms with Gasteiger partial charge in [-0.2, -0.15) is 13.2 Å². The molecule has 20 heavy (non-hydrogen) atoms. The van der Waals surface area contributed by atoms with Gasteiger partial charge in [-0.05, 0) is 36.7 Å². The number of ether oxygens (including phenoxy) is 1. The predicted octanol–water partition coefficient (Wildman–Crippen LogP) is 3.25. The van der Waals surface area contributed by atoms with E-state index in [1.165, 1.54) is 0 Å². The maximum Gasteiger partial charge on any atom is 0.417 e. The first-order valence-corrected chi connectivity index (χ1v) is 7.00. The molecule has 1 unspecified atom stereocenters. The largest absolute Gasteiger partial charge is 0.491 e. The molecule has 0 spiro atoms. The van der Waals surface area contributed by atoms with Gasteiger partial charge in [-0.15, -0.1) is 0 Å². The third kappa shape index (κ3) is 5.68. The van der Waals surface area contributed by atoms with E-state index in [-0.39, 0.29) is 0 Å². The molecule has 1 aromatic rings. The molecule has 2 N–H and O–H groups in total. The second kappa shape index (κ2) is 7.85. The summed E-state index contributed by atoms with van der Waals surface area (Å²) in [5.74, 6) is 0.296. The Bertz CT molecular complexity index is 427. The van der Waals surface area contributed by atoms with Crippen molar-refractivity contribution in [2.45, 2.75) is 32.2 Å². The van der Waals surface area contributed by atoms with Crippen molar-refractivity contribution in [1.82, 2.24) is 5.32 Å². The lowest BCUT2D eigenvalue weighted by Gasteiger charge is -2.16. The molecule has 1 atom stereocenters. The third-order valence-electron chi connectivity index (χ3n) is 2.55. The summed E-state index contributed by atoms with van der Waals surface area (Å²) < 4.78 is 42.3. The van der Waals surface area contributed by atoms with Crippen molar-refractivity contribution >= 4 is 15.9 Å². The minimum atomic E-state index is -4.67. The van der Waals surface area contributed by atoms with Gasteiger partial charge in [0.2, 0.25) is 0 Å². The SMILES string of the molecule is CCCNCc1cc(OCC(O)C(F)(F)F)ccc1Br. The quantitative estimate of drug-likeness (QED) is 0.737. The summed E-state index contributed by atoms with van der Waals surface area (Å²) in [6, 6.07) is 4.91. The molecule has 0 heterocycles. The van der Waals surface area contributed by atoms with Crippen LogP contribution in [0, 0.1) is 0 Å². The first kappa shape index (κ1) is 17.3. The average Bonchev–Trinajstić information content (AvgIpc) is 2.38. The molecule has 1 aromatic carbocycles. The van der Waals surface area contributed by atoms with Gasteiger partial charge in [0, 0.05) is 11.0 Å². The van der Waals surface area contributed by atoms with Crippen molar-refractivity contribution in [3.63, 3.8) is 0 Å². The molecule has 0 fully saturated rings. The number of nitrogens with one attached hydrogen (secondary N) is 1. The summed E-state index contributed by atoms with van der Waals surface area (Å²) in [6.45, 7) is 2.67. The standard InChI is InChI=1S/C13H17BrF3NO2/c1-2-5-18-7-9-6-10(3-4-11(9)14)20-8-12(19)13(15,16)17/h3-4,6,12,18-19H,2,5,7-8H2,1H3. The van der Waals surface area contributed by atoms with Gasteiger partial charge in [0.15, 0.2) is 6.10 Å². The fourth-order valence-corrected chi connectivity index (χ4v) is 1.83. The monoisotopic (exact) mass is 355 g/mol. The number of rotatable bonds is 7. The van der Waals surface area contributed by atoms with Crippen LogP contribution in [0.3, 0.4) is 0 Å². The minimum absolute atomic E-state index is 0.296. The number of hydrogen-bond acceptors (Lipinski definition) is 3. The maximum absolute atomic E-state index is 12.2. The zero-order valence-corrected chi connectivity index (χ0v) is 12.6. The second-order valence-electron chi connectivity index (χ2n) is 4.30. The molecular formula is C13H17BrF3NO2. The van der Waals surface area contributed by atoms with Crippen LogP contribution >= 0.6 is 15.9 Å². The van der Waals surface area contributed by atoms with Crippen LogP contribution < -0.4 is 10.1 Å². The van der Waals surface area contributed by atoms with E-state index in [0.717, 1.165) is 23.0 Å². The molecule has 3 nitrogen and oxygen atoms in total. The molecule has 0 bridgehead atoms. The van der Waals surface area contributed by atoms with Gasteiger partial charge in [0.05, 0.1) is 0 Å². The van der Waals surface area contributed by atoms with Gasteiger partial charge in [-0.25, -0.2) is 0 Å². The number of alkyl halides is 3. The first-order valence-electron chi connectivity index (χ1n) is 6.21. The lowest BCUT2D eigenvalue weighted by molar-refractivity contribution is -0.210. The zero-order chi connectivity index (χ0) is 15.2. The van der Waals surface area contributed by atoms with E-state index in [4.69, 9.17) is 9.84 Å². The van der Waals surface area contributed by atoms with Crippen molar-refractivity contribution in [2.75, 3.05) is 13.2 Å². The van der Waals surface area contributed by atoms with Gasteiger partial charge in [-0.1, -0.05) is 22.9 Å². The second-order valence-corrected chi connectivity index (χ2v) is 5.15. The molecule has 0 saturated heterocycles. The highest BCUT2D eigenvalue weighted by Crippen LogP contribution is 2.24. The van der Waals surface area contributed by atoms with E-state index in [2.05, 4.69) is 21.2 Å². The summed E-state index contributed by atoms with van der Waals surface area (Å²) in [7, 11) is 0. The number of benzene rings is 1. The zero-order valence-electron chi connectivity index (χ0n) is 11.0. The molecule has 0 aliphatic carbocycles. The number of hydrogen-bond donors (Lipinski definition) is 2. The van der Waals surface area contributed by atoms with E-state index in [0.29, 0.717) is 12.3 Å². The van der Waals surface area contributed by atoms with Crippen molar-refractivity contribution < 1.29 is 23.0 Å². The minimum Gasteiger partial charge on any atom is -0.491 e. The maximum atomic E-state index is 12.2. The number of aliphatic hydroxyl groups is 1. The van der Waals surface area contributed by atoms with Crippen LogP contribution in [0.1, 0.15) is 18.9 Å². The van der Waals surface area contributed by atoms with E-state index in [9.17, 15) is 13.2 Å². The summed E-state index contributed by atoms with van der Waals surface area (Å²) in [6.07, 6.45) is -6.15. The van der Waals surface area contributed by atoms with Gasteiger partial charge >= 0.3 is 6.18 Å². The fourth-order valence-electron chi connectivity index (χ4n) is 1.45. The molecule has 114 valence electrons. The summed E-state index contributed by atoms with van der Waals surface area (Å²) in [4.78, 5) is 0. The van der Waals surface area contributed by atoms with Crippen molar-refractivity contribution in [3.8, 4) is 5.75 Å². The number of halogens is 4. The van der Waals surface area contributed by atoms with Crippen molar-refractivity contribution in [1.29, 1.82) is 0 Å². The van der Waals surface area contributed by atoms with Crippen molar-refractivity contribution in [2.24, 2.45) is 0 Å². The van der Waals surface area contributed by atoms with Crippen LogP contribution in [0.25, 0.3) is 0 Å². The lowest BCUT2D eigenvalue weighted by Crippen LogP contribution is -2.34. The van der Waals surface area contributed by atoms with Crippen molar-refractivity contribution in [3.05, 3.63) is 28.2 Å². The normalized spacial score (nSPS) is 13.3. The summed E-state index contributed by atoms with van der Waals surface area (Å²) in [5.41, 5.74) is 0.887. The Balaban J connectivity index is 2.60. The van der Waals surface area contributed by atoms with Crippen LogP contribution in [-0.4, -0.2) is 30.5 Å². The Morgan fingerprint density at radius 2 is 2.10 bits per heavy atom. The molecule has 0 aromatic heterocycles. The Hall–Kier alpha value is -0.790. The third-order valence-corrected chi connectivity index (χ3v) is 3.32. The van der Waals surface area contributed by atoms with E-state index >= 15 is 0 Å². The Morgan fingerprint density at radius 1 is 1.40 bits per heavy atom. The first-order chi connectivity index (χ1) is 9.34. The van der Waals surface area contributed by atoms with E-state index in [1.807, 2.05) is 6.92 Å². The number of aliphatic hydroxyl groups excluding tert-OH is 1. The van der Waals surface area contributed by atoms with Gasteiger partial charge in [0.1, 0.15) is 12.4 Å². The predicted molar refractivity (Wildman–Crippen MR) is 73.7 cm³/mol. The topological polar surface area (TPSA) is 41.5 Å². The highest BCUT2D eigenvalue weighted by molar-refractivity contribution is 9.10. The molecule has 1 rings (SSSR count). The molecule has 0 aliphatic heterocycles. The van der Waals surface area contributed by atoms with Crippen LogP contribution in [0.4, 0.5) is 13.2 Å². The fraction of sp³-hybridized carbons (Fsp3) is 0.538. The van der Waals surface area contributed by atoms with E-state index < -0.39 is 18.9 Å². The summed E-state index contributed by atoms with van der Waals surface area (Å²) >= 11 is 3.37.